The Morgan fingerprint density at radius 1 is 1.21 bits per heavy atom. The molecule has 0 aliphatic heterocycles. The maximum absolute atomic E-state index is 3.42. The SMILES string of the molecule is C/C(=C/CC[C@@]1(C)[C@@H]2CCCC(C)(C)C2=CC[C@@H]1C)Cc1c[nH]c2ccccc12. The molecule has 1 saturated carbocycles. The van der Waals surface area contributed by atoms with Gasteiger partial charge in [-0.3, -0.25) is 0 Å². The Hall–Kier alpha value is -1.76. The van der Waals surface area contributed by atoms with E-state index in [1.165, 1.54) is 60.6 Å². The van der Waals surface area contributed by atoms with Gasteiger partial charge in [-0.1, -0.05) is 75.6 Å². The summed E-state index contributed by atoms with van der Waals surface area (Å²) in [6.45, 7) is 12.4. The third-order valence-corrected chi connectivity index (χ3v) is 8.38. The molecular formula is C28H39N. The average Bonchev–Trinajstić information content (AvgIpc) is 3.08. The third-order valence-electron chi connectivity index (χ3n) is 8.38. The molecule has 1 aromatic heterocycles. The van der Waals surface area contributed by atoms with Crippen molar-refractivity contribution >= 4 is 10.9 Å². The molecule has 1 aromatic carbocycles. The van der Waals surface area contributed by atoms with Gasteiger partial charge in [0.15, 0.2) is 0 Å². The van der Waals surface area contributed by atoms with Crippen LogP contribution in [0.1, 0.15) is 78.7 Å². The first-order valence-corrected chi connectivity index (χ1v) is 11.7. The maximum Gasteiger partial charge on any atom is 0.0456 e. The normalized spacial score (nSPS) is 29.6. The Balaban J connectivity index is 1.45. The number of hydrogen-bond acceptors (Lipinski definition) is 0. The number of para-hydroxylation sites is 1. The lowest BCUT2D eigenvalue weighted by atomic mass is 9.52. The van der Waals surface area contributed by atoms with Crippen molar-refractivity contribution in [2.45, 2.75) is 79.6 Å². The van der Waals surface area contributed by atoms with Crippen LogP contribution in [-0.4, -0.2) is 4.98 Å². The Morgan fingerprint density at radius 2 is 2.00 bits per heavy atom. The molecule has 1 N–H and O–H groups in total. The van der Waals surface area contributed by atoms with E-state index in [4.69, 9.17) is 0 Å². The van der Waals surface area contributed by atoms with E-state index in [0.717, 1.165) is 18.3 Å². The lowest BCUT2D eigenvalue weighted by Crippen LogP contribution is -2.43. The highest BCUT2D eigenvalue weighted by Crippen LogP contribution is 2.57. The Kier molecular flexibility index (Phi) is 5.53. The number of rotatable bonds is 5. The van der Waals surface area contributed by atoms with E-state index in [-0.39, 0.29) is 0 Å². The fraction of sp³-hybridized carbons (Fsp3) is 0.571. The number of aromatic amines is 1. The minimum absolute atomic E-state index is 0.408. The zero-order valence-electron chi connectivity index (χ0n) is 19.1. The molecule has 2 aromatic rings. The molecule has 0 unspecified atom stereocenters. The second-order valence-electron chi connectivity index (χ2n) is 10.8. The molecule has 1 fully saturated rings. The molecule has 0 radical (unpaired) electrons. The quantitative estimate of drug-likeness (QED) is 0.496. The smallest absolute Gasteiger partial charge is 0.0456 e. The largest absolute Gasteiger partial charge is 0.361 e. The molecule has 0 saturated heterocycles. The van der Waals surface area contributed by atoms with E-state index in [1.807, 2.05) is 0 Å². The molecule has 156 valence electrons. The molecule has 1 heteroatoms. The first-order chi connectivity index (χ1) is 13.8. The number of fused-ring (bicyclic) bond motifs is 2. The van der Waals surface area contributed by atoms with Gasteiger partial charge in [-0.05, 0) is 79.7 Å². The molecular weight excluding hydrogens is 350 g/mol. The van der Waals surface area contributed by atoms with Crippen molar-refractivity contribution in [3.8, 4) is 0 Å². The molecule has 0 bridgehead atoms. The molecule has 2 aliphatic carbocycles. The lowest BCUT2D eigenvalue weighted by molar-refractivity contribution is 0.0590. The van der Waals surface area contributed by atoms with Crippen LogP contribution < -0.4 is 0 Å². The van der Waals surface area contributed by atoms with Crippen LogP contribution in [0.4, 0.5) is 0 Å². The van der Waals surface area contributed by atoms with Gasteiger partial charge in [0.1, 0.15) is 0 Å². The van der Waals surface area contributed by atoms with Crippen molar-refractivity contribution in [3.63, 3.8) is 0 Å². The van der Waals surface area contributed by atoms with Crippen LogP contribution in [-0.2, 0) is 6.42 Å². The summed E-state index contributed by atoms with van der Waals surface area (Å²) in [7, 11) is 0. The molecule has 1 nitrogen and oxygen atoms in total. The van der Waals surface area contributed by atoms with Gasteiger partial charge in [0.05, 0.1) is 0 Å². The number of H-pyrrole nitrogens is 1. The van der Waals surface area contributed by atoms with Gasteiger partial charge in [-0.25, -0.2) is 0 Å². The molecule has 29 heavy (non-hydrogen) atoms. The highest BCUT2D eigenvalue weighted by Gasteiger charge is 2.47. The monoisotopic (exact) mass is 389 g/mol. The summed E-state index contributed by atoms with van der Waals surface area (Å²) in [5, 5.41) is 1.37. The van der Waals surface area contributed by atoms with E-state index < -0.39 is 0 Å². The minimum atomic E-state index is 0.408. The molecule has 0 amide bonds. The van der Waals surface area contributed by atoms with Crippen LogP contribution in [0, 0.1) is 22.7 Å². The second-order valence-corrected chi connectivity index (χ2v) is 10.8. The van der Waals surface area contributed by atoms with Gasteiger partial charge in [-0.15, -0.1) is 0 Å². The van der Waals surface area contributed by atoms with Crippen LogP contribution >= 0.6 is 0 Å². The van der Waals surface area contributed by atoms with Crippen molar-refractivity contribution in [2.75, 3.05) is 0 Å². The van der Waals surface area contributed by atoms with Crippen LogP contribution in [0.2, 0.25) is 0 Å². The first kappa shape index (κ1) is 20.5. The predicted octanol–water partition coefficient (Wildman–Crippen LogP) is 8.24. The fourth-order valence-corrected chi connectivity index (χ4v) is 6.24. The minimum Gasteiger partial charge on any atom is -0.361 e. The van der Waals surface area contributed by atoms with Gasteiger partial charge >= 0.3 is 0 Å². The van der Waals surface area contributed by atoms with Gasteiger partial charge < -0.3 is 4.98 Å². The number of hydrogen-bond donors (Lipinski definition) is 1. The maximum atomic E-state index is 3.42. The zero-order chi connectivity index (χ0) is 20.6. The van der Waals surface area contributed by atoms with Gasteiger partial charge in [0.25, 0.3) is 0 Å². The second kappa shape index (κ2) is 7.82. The van der Waals surface area contributed by atoms with Crippen molar-refractivity contribution in [1.29, 1.82) is 0 Å². The predicted molar refractivity (Wildman–Crippen MR) is 126 cm³/mol. The number of benzene rings is 1. The Labute approximate surface area is 177 Å². The van der Waals surface area contributed by atoms with Crippen molar-refractivity contribution < 1.29 is 0 Å². The standard InChI is InChI=1S/C28H39N/c1-20(18-22-19-29-26-13-7-6-11-23(22)26)10-8-17-28(5)21(2)14-15-24-25(28)12-9-16-27(24,3)4/h6-7,10-11,13,15,19,21,25,29H,8-9,12,14,16-18H2,1-5H3/b20-10-/t21-,25+,28+/m0/s1. The van der Waals surface area contributed by atoms with Crippen molar-refractivity contribution in [1.82, 2.24) is 4.98 Å². The van der Waals surface area contributed by atoms with E-state index in [0.29, 0.717) is 10.8 Å². The number of nitrogens with one attached hydrogen (secondary N) is 1. The Morgan fingerprint density at radius 3 is 2.83 bits per heavy atom. The number of aromatic nitrogens is 1. The number of allylic oxidation sites excluding steroid dienone is 4. The van der Waals surface area contributed by atoms with Crippen molar-refractivity contribution in [3.05, 3.63) is 59.3 Å². The van der Waals surface area contributed by atoms with Crippen LogP contribution in [0.25, 0.3) is 10.9 Å². The summed E-state index contributed by atoms with van der Waals surface area (Å²) in [5.41, 5.74) is 6.81. The van der Waals surface area contributed by atoms with E-state index in [9.17, 15) is 0 Å². The van der Waals surface area contributed by atoms with Crippen molar-refractivity contribution in [2.24, 2.45) is 22.7 Å². The topological polar surface area (TPSA) is 15.8 Å². The highest BCUT2D eigenvalue weighted by molar-refractivity contribution is 5.83. The van der Waals surface area contributed by atoms with Gasteiger partial charge in [-0.2, -0.15) is 0 Å². The third kappa shape index (κ3) is 3.86. The van der Waals surface area contributed by atoms with Gasteiger partial charge in [0.2, 0.25) is 0 Å². The average molecular weight is 390 g/mol. The fourth-order valence-electron chi connectivity index (χ4n) is 6.24. The summed E-state index contributed by atoms with van der Waals surface area (Å²) in [4.78, 5) is 3.42. The van der Waals surface area contributed by atoms with Crippen LogP contribution in [0.3, 0.4) is 0 Å². The molecule has 3 atom stereocenters. The summed E-state index contributed by atoms with van der Waals surface area (Å²) in [5.74, 6) is 1.57. The van der Waals surface area contributed by atoms with Gasteiger partial charge in [0, 0.05) is 17.1 Å². The van der Waals surface area contributed by atoms with E-state index in [2.05, 4.69) is 82.2 Å². The van der Waals surface area contributed by atoms with E-state index >= 15 is 0 Å². The summed E-state index contributed by atoms with van der Waals surface area (Å²) >= 11 is 0. The summed E-state index contributed by atoms with van der Waals surface area (Å²) < 4.78 is 0. The van der Waals surface area contributed by atoms with Crippen LogP contribution in [0.5, 0.6) is 0 Å². The van der Waals surface area contributed by atoms with E-state index in [1.54, 1.807) is 5.57 Å². The molecule has 1 heterocycles. The first-order valence-electron chi connectivity index (χ1n) is 11.7. The molecule has 0 spiro atoms. The highest BCUT2D eigenvalue weighted by atomic mass is 14.7. The summed E-state index contributed by atoms with van der Waals surface area (Å²) in [6, 6.07) is 8.64. The zero-order valence-corrected chi connectivity index (χ0v) is 19.1. The Bertz CT molecular complexity index is 925. The van der Waals surface area contributed by atoms with Crippen LogP contribution in [0.15, 0.2) is 53.8 Å². The summed E-state index contributed by atoms with van der Waals surface area (Å²) in [6.07, 6.45) is 16.3. The molecule has 2 aliphatic rings. The molecule has 4 rings (SSSR count). The lowest BCUT2D eigenvalue weighted by Gasteiger charge is -2.53.